The van der Waals surface area contributed by atoms with Gasteiger partial charge in [0.05, 0.1) is 54.5 Å². The summed E-state index contributed by atoms with van der Waals surface area (Å²) < 4.78 is 60.7. The van der Waals surface area contributed by atoms with E-state index in [1.807, 2.05) is 69.2 Å². The highest BCUT2D eigenvalue weighted by molar-refractivity contribution is 5.81. The van der Waals surface area contributed by atoms with Gasteiger partial charge in [-0.1, -0.05) is 95.9 Å². The van der Waals surface area contributed by atoms with Crippen LogP contribution in [0.4, 0.5) is 0 Å². The van der Waals surface area contributed by atoms with E-state index in [-0.39, 0.29) is 83.3 Å². The van der Waals surface area contributed by atoms with E-state index in [0.29, 0.717) is 45.7 Å². The van der Waals surface area contributed by atoms with E-state index in [4.69, 9.17) is 52.1 Å². The third-order valence-electron chi connectivity index (χ3n) is 21.2. The molecule has 0 aromatic rings. The predicted molar refractivity (Wildman–Crippen MR) is 355 cm³/mol. The van der Waals surface area contributed by atoms with Gasteiger partial charge in [0.15, 0.2) is 13.2 Å². The van der Waals surface area contributed by atoms with E-state index >= 15 is 0 Å². The maximum atomic E-state index is 12.6. The first-order chi connectivity index (χ1) is 42.0. The first-order valence-corrected chi connectivity index (χ1v) is 34.4. The van der Waals surface area contributed by atoms with Gasteiger partial charge in [-0.3, -0.25) is 24.0 Å². The zero-order chi connectivity index (χ0) is 70.0. The zero-order valence-corrected chi connectivity index (χ0v) is 62.1. The van der Waals surface area contributed by atoms with Crippen LogP contribution in [0.5, 0.6) is 0 Å². The summed E-state index contributed by atoms with van der Waals surface area (Å²) in [6.45, 7) is 41.0. The van der Waals surface area contributed by atoms with Crippen molar-refractivity contribution in [2.75, 3.05) is 74.7 Å². The molecule has 4 aliphatic rings. The van der Waals surface area contributed by atoms with E-state index < -0.39 is 50.4 Å². The Morgan fingerprint density at radius 3 is 0.769 bits per heavy atom. The molecule has 18 nitrogen and oxygen atoms in total. The second kappa shape index (κ2) is 36.9. The van der Waals surface area contributed by atoms with Crippen LogP contribution < -0.4 is 0 Å². The molecule has 0 aromatic carbocycles. The van der Waals surface area contributed by atoms with Crippen LogP contribution in [0.2, 0.25) is 0 Å². The molecule has 4 rings (SSSR count). The molecule has 0 spiro atoms. The maximum absolute atomic E-state index is 12.6. The Labute approximate surface area is 551 Å². The Morgan fingerprint density at radius 2 is 0.516 bits per heavy atom. The number of rotatable bonds is 31. The van der Waals surface area contributed by atoms with Crippen LogP contribution >= 0.6 is 0 Å². The van der Waals surface area contributed by atoms with Crippen molar-refractivity contribution in [3.8, 4) is 0 Å². The van der Waals surface area contributed by atoms with Gasteiger partial charge in [0.2, 0.25) is 0 Å². The molecule has 0 unspecified atom stereocenters. The Morgan fingerprint density at radius 1 is 0.297 bits per heavy atom. The molecule has 0 bridgehead atoms. The number of hydrogen-bond donors (Lipinski definition) is 0. The van der Waals surface area contributed by atoms with Crippen LogP contribution in [-0.4, -0.2) is 139 Å². The van der Waals surface area contributed by atoms with Crippen LogP contribution in [0.3, 0.4) is 0 Å². The molecule has 0 amide bonds. The minimum absolute atomic E-state index is 0.0638. The van der Waals surface area contributed by atoms with Crippen molar-refractivity contribution in [2.24, 2.45) is 43.3 Å². The van der Waals surface area contributed by atoms with E-state index in [0.717, 1.165) is 116 Å². The summed E-state index contributed by atoms with van der Waals surface area (Å²) in [5.41, 5.74) is -4.99. The Hall–Kier alpha value is -3.87. The molecule has 0 N–H and O–H groups in total. The summed E-state index contributed by atoms with van der Waals surface area (Å²) in [5, 5.41) is 0. The van der Waals surface area contributed by atoms with Gasteiger partial charge >= 0.3 is 41.8 Å². The van der Waals surface area contributed by atoms with E-state index in [1.54, 1.807) is 42.3 Å². The highest BCUT2D eigenvalue weighted by atomic mass is 16.6. The number of ether oxygens (including phenoxy) is 11. The molecule has 4 saturated carbocycles. The molecule has 0 radical (unpaired) electrons. The summed E-state index contributed by atoms with van der Waals surface area (Å²) >= 11 is 0. The molecule has 0 saturated heterocycles. The minimum atomic E-state index is -0.585. The summed E-state index contributed by atoms with van der Waals surface area (Å²) in [5.74, 6) is -2.32. The number of esters is 7. The summed E-state index contributed by atoms with van der Waals surface area (Å²) in [6, 6.07) is 0. The summed E-state index contributed by atoms with van der Waals surface area (Å²) in [6.07, 6.45) is 20.7. The van der Waals surface area contributed by atoms with Crippen molar-refractivity contribution in [2.45, 2.75) is 309 Å². The molecule has 4 aliphatic carbocycles. The number of methoxy groups -OCH3 is 4. The minimum Gasteiger partial charge on any atom is -0.465 e. The molecule has 0 heterocycles. The molecule has 4 fully saturated rings. The molecule has 0 aliphatic heterocycles. The average Bonchev–Trinajstić information content (AvgIpc) is 1.66. The summed E-state index contributed by atoms with van der Waals surface area (Å²) in [7, 11) is 6.70. The highest BCUT2D eigenvalue weighted by Gasteiger charge is 2.54. The molecule has 91 heavy (non-hydrogen) atoms. The van der Waals surface area contributed by atoms with Crippen LogP contribution in [0, 0.1) is 43.3 Å². The van der Waals surface area contributed by atoms with E-state index in [9.17, 15) is 33.6 Å². The first-order valence-electron chi connectivity index (χ1n) is 34.4. The lowest BCUT2D eigenvalue weighted by molar-refractivity contribution is -0.197. The monoisotopic (exact) mass is 1300 g/mol. The normalized spacial score (nSPS) is 18.2. The standard InChI is InChI=1S/2C19H34O5.C18H32O5.C17H32O3/c1-7-17(2,3)16(21)23-13-10-15(20)24-19(11-8-9-12-19)18(4,5)14-22-6;1-7-17(2,3)16(21)23-13-15(20)24-19(11-9-8-10-12-19)18(4,5)14-22-6;1-7-16(2,3)15(20)22-12-14(19)23-18(10-8-9-11-18)17(4,5)13-21-6;1-7-15(2,3)14(18)20-17(11-9-8-10-12-17)16(4,5)13-19-6/h2*7-14H2,1-6H3;7-13H2,1-6H3;7-13H2,1-6H3. The van der Waals surface area contributed by atoms with Gasteiger partial charge in [-0.05, 0) is 184 Å². The summed E-state index contributed by atoms with van der Waals surface area (Å²) in [4.78, 5) is 85.4. The van der Waals surface area contributed by atoms with Gasteiger partial charge in [-0.15, -0.1) is 0 Å². The van der Waals surface area contributed by atoms with E-state index in [1.165, 1.54) is 6.42 Å². The van der Waals surface area contributed by atoms with Crippen molar-refractivity contribution in [1.82, 2.24) is 0 Å². The first kappa shape index (κ1) is 85.1. The lowest BCUT2D eigenvalue weighted by Crippen LogP contribution is -2.53. The fraction of sp³-hybridized carbons (Fsp3) is 0.904. The number of hydrogen-bond acceptors (Lipinski definition) is 18. The second-order valence-corrected chi connectivity index (χ2v) is 31.6. The van der Waals surface area contributed by atoms with Gasteiger partial charge in [0.25, 0.3) is 0 Å². The van der Waals surface area contributed by atoms with Crippen LogP contribution in [0.1, 0.15) is 286 Å². The molecular weight excluding hydrogens is 1160 g/mol. The Balaban J connectivity index is 0.000000608. The van der Waals surface area contributed by atoms with Crippen LogP contribution in [0.15, 0.2) is 0 Å². The molecule has 0 atom stereocenters. The van der Waals surface area contributed by atoms with Crippen LogP contribution in [0.25, 0.3) is 0 Å². The second-order valence-electron chi connectivity index (χ2n) is 31.6. The van der Waals surface area contributed by atoms with Gasteiger partial charge in [-0.2, -0.15) is 0 Å². The smallest absolute Gasteiger partial charge is 0.344 e. The largest absolute Gasteiger partial charge is 0.465 e. The SMILES string of the molecule is CCC(C)(C)C(=O)OC1(C(C)(C)COC)CCCCC1.CCC(C)(C)C(=O)OCC(=O)OC1(C(C)(C)COC)CCCC1.CCC(C)(C)C(=O)OCC(=O)OC1(C(C)(C)COC)CCCCC1.CCC(C)(C)C(=O)OCCC(=O)OC1(C(C)(C)COC)CCCC1. The van der Waals surface area contributed by atoms with Crippen molar-refractivity contribution in [1.29, 1.82) is 0 Å². The zero-order valence-electron chi connectivity index (χ0n) is 62.1. The lowest BCUT2D eigenvalue weighted by Gasteiger charge is -2.49. The average molecular weight is 1300 g/mol. The van der Waals surface area contributed by atoms with Gasteiger partial charge < -0.3 is 52.1 Å². The van der Waals surface area contributed by atoms with Crippen molar-refractivity contribution in [3.05, 3.63) is 0 Å². The van der Waals surface area contributed by atoms with Crippen molar-refractivity contribution >= 4 is 41.8 Å². The fourth-order valence-corrected chi connectivity index (χ4v) is 12.5. The fourth-order valence-electron chi connectivity index (χ4n) is 12.5. The van der Waals surface area contributed by atoms with Crippen molar-refractivity contribution in [3.63, 3.8) is 0 Å². The Kier molecular flexibility index (Phi) is 34.5. The van der Waals surface area contributed by atoms with Gasteiger partial charge in [0.1, 0.15) is 29.0 Å². The third-order valence-corrected chi connectivity index (χ3v) is 21.2. The molecule has 0 aromatic heterocycles. The van der Waals surface area contributed by atoms with Crippen LogP contribution in [-0.2, 0) is 85.7 Å². The maximum Gasteiger partial charge on any atom is 0.344 e. The molecular formula is C73H132O18. The van der Waals surface area contributed by atoms with Gasteiger partial charge in [0, 0.05) is 50.1 Å². The predicted octanol–water partition coefficient (Wildman–Crippen LogP) is 15.6. The topological polar surface area (TPSA) is 221 Å². The molecule has 532 valence electrons. The Bertz CT molecular complexity index is 2230. The highest BCUT2D eigenvalue weighted by Crippen LogP contribution is 2.50. The quantitative estimate of drug-likeness (QED) is 0.0465. The van der Waals surface area contributed by atoms with Gasteiger partial charge in [-0.25, -0.2) is 9.59 Å². The lowest BCUT2D eigenvalue weighted by atomic mass is 9.67. The van der Waals surface area contributed by atoms with Crippen molar-refractivity contribution < 1.29 is 85.7 Å². The third kappa shape index (κ3) is 24.4. The molecule has 18 heteroatoms. The number of carbonyl (C=O) groups excluding carboxylic acids is 7. The van der Waals surface area contributed by atoms with E-state index in [2.05, 4.69) is 55.4 Å². The number of carbonyl (C=O) groups is 7.